The van der Waals surface area contributed by atoms with Crippen molar-refractivity contribution in [3.63, 3.8) is 0 Å². The van der Waals surface area contributed by atoms with Crippen molar-refractivity contribution >= 4 is 23.3 Å². The minimum absolute atomic E-state index is 0.0223. The third-order valence-electron chi connectivity index (χ3n) is 4.46. The summed E-state index contributed by atoms with van der Waals surface area (Å²) in [5.41, 5.74) is 3.57. The largest absolute Gasteiger partial charge is 0.490 e. The third-order valence-corrected chi connectivity index (χ3v) is 4.74. The van der Waals surface area contributed by atoms with Crippen molar-refractivity contribution in [1.82, 2.24) is 0 Å². The highest BCUT2D eigenvalue weighted by Crippen LogP contribution is 2.38. The van der Waals surface area contributed by atoms with Crippen molar-refractivity contribution in [3.05, 3.63) is 93.8 Å². The molecule has 152 valence electrons. The molecule has 0 radical (unpaired) electrons. The number of ether oxygens (including phenoxy) is 2. The van der Waals surface area contributed by atoms with E-state index >= 15 is 0 Å². The van der Waals surface area contributed by atoms with Crippen LogP contribution in [0.1, 0.15) is 29.2 Å². The van der Waals surface area contributed by atoms with Crippen molar-refractivity contribution in [2.45, 2.75) is 20.5 Å². The summed E-state index contributed by atoms with van der Waals surface area (Å²) in [5.74, 6) is 0.435. The molecule has 0 atom stereocenters. The zero-order valence-corrected chi connectivity index (χ0v) is 17.5. The molecule has 0 amide bonds. The van der Waals surface area contributed by atoms with Crippen LogP contribution < -0.4 is 9.47 Å². The molecule has 0 aliphatic carbocycles. The summed E-state index contributed by atoms with van der Waals surface area (Å²) in [7, 11) is 0. The minimum Gasteiger partial charge on any atom is -0.490 e. The summed E-state index contributed by atoms with van der Waals surface area (Å²) in [6, 6.07) is 19.8. The van der Waals surface area contributed by atoms with E-state index in [1.165, 1.54) is 6.07 Å². The van der Waals surface area contributed by atoms with E-state index < -0.39 is 0 Å². The van der Waals surface area contributed by atoms with Crippen LogP contribution in [0.25, 0.3) is 11.6 Å². The van der Waals surface area contributed by atoms with Crippen molar-refractivity contribution in [1.29, 1.82) is 5.26 Å². The van der Waals surface area contributed by atoms with Gasteiger partial charge in [-0.15, -0.1) is 0 Å². The highest BCUT2D eigenvalue weighted by Gasteiger charge is 2.14. The van der Waals surface area contributed by atoms with Gasteiger partial charge in [-0.2, -0.15) is 5.26 Å². The van der Waals surface area contributed by atoms with Crippen LogP contribution in [0.4, 0.5) is 4.39 Å². The fourth-order valence-electron chi connectivity index (χ4n) is 2.92. The lowest BCUT2D eigenvalue weighted by atomic mass is 10.0. The first-order chi connectivity index (χ1) is 14.5. The monoisotopic (exact) mass is 421 g/mol. The van der Waals surface area contributed by atoms with Crippen LogP contribution in [0.3, 0.4) is 0 Å². The van der Waals surface area contributed by atoms with Gasteiger partial charge in [0.05, 0.1) is 23.3 Å². The Bertz CT molecular complexity index is 1100. The fourth-order valence-corrected chi connectivity index (χ4v) is 3.19. The van der Waals surface area contributed by atoms with Gasteiger partial charge >= 0.3 is 0 Å². The first kappa shape index (κ1) is 21.4. The van der Waals surface area contributed by atoms with Crippen molar-refractivity contribution in [2.75, 3.05) is 6.61 Å². The predicted octanol–water partition coefficient (Wildman–Crippen LogP) is 6.83. The number of aryl methyl sites for hydroxylation is 1. The fraction of sp³-hybridized carbons (Fsp3) is 0.160. The van der Waals surface area contributed by atoms with Crippen molar-refractivity contribution in [3.8, 4) is 17.6 Å². The van der Waals surface area contributed by atoms with Crippen LogP contribution in [0.5, 0.6) is 11.5 Å². The maximum Gasteiger partial charge on any atom is 0.180 e. The molecule has 3 rings (SSSR count). The summed E-state index contributed by atoms with van der Waals surface area (Å²) in [4.78, 5) is 0. The van der Waals surface area contributed by atoms with E-state index in [0.29, 0.717) is 39.8 Å². The molecule has 3 nitrogen and oxygen atoms in total. The molecule has 0 unspecified atom stereocenters. The first-order valence-corrected chi connectivity index (χ1v) is 9.91. The second-order valence-corrected chi connectivity index (χ2v) is 7.09. The molecule has 0 aliphatic rings. The van der Waals surface area contributed by atoms with Gasteiger partial charge in [0.1, 0.15) is 12.4 Å². The molecule has 0 aromatic heterocycles. The molecule has 0 N–H and O–H groups in total. The lowest BCUT2D eigenvalue weighted by molar-refractivity contribution is 0.266. The average Bonchev–Trinajstić information content (AvgIpc) is 2.73. The number of nitrogens with zero attached hydrogens (tertiary/aromatic N) is 1. The SMILES string of the molecule is CCOc1cc(/C=C(\C#N)c2ccc(C)cc2)cc(Cl)c1OCc1ccccc1F. The highest BCUT2D eigenvalue weighted by molar-refractivity contribution is 6.32. The molecule has 3 aromatic rings. The number of nitriles is 1. The number of rotatable bonds is 7. The Labute approximate surface area is 180 Å². The summed E-state index contributed by atoms with van der Waals surface area (Å²) in [6.45, 7) is 4.27. The van der Waals surface area contributed by atoms with Crippen LogP contribution in [0.15, 0.2) is 60.7 Å². The molecular formula is C25H21ClFNO2. The first-order valence-electron chi connectivity index (χ1n) is 9.53. The van der Waals surface area contributed by atoms with E-state index in [-0.39, 0.29) is 12.4 Å². The summed E-state index contributed by atoms with van der Waals surface area (Å²) in [5, 5.41) is 9.92. The molecule has 0 aliphatic heterocycles. The van der Waals surface area contributed by atoms with E-state index in [1.807, 2.05) is 38.1 Å². The summed E-state index contributed by atoms with van der Waals surface area (Å²) >= 11 is 6.46. The molecule has 0 bridgehead atoms. The molecular weight excluding hydrogens is 401 g/mol. The second-order valence-electron chi connectivity index (χ2n) is 6.68. The van der Waals surface area contributed by atoms with E-state index in [4.69, 9.17) is 21.1 Å². The van der Waals surface area contributed by atoms with Crippen molar-refractivity contribution in [2.24, 2.45) is 0 Å². The van der Waals surface area contributed by atoms with E-state index in [0.717, 1.165) is 11.1 Å². The lowest BCUT2D eigenvalue weighted by Gasteiger charge is -2.15. The van der Waals surface area contributed by atoms with Gasteiger partial charge in [0.25, 0.3) is 0 Å². The van der Waals surface area contributed by atoms with E-state index in [9.17, 15) is 9.65 Å². The van der Waals surface area contributed by atoms with Crippen LogP contribution in [0.2, 0.25) is 5.02 Å². The zero-order valence-electron chi connectivity index (χ0n) is 16.8. The van der Waals surface area contributed by atoms with Crippen molar-refractivity contribution < 1.29 is 13.9 Å². The maximum absolute atomic E-state index is 13.9. The van der Waals surface area contributed by atoms with Gasteiger partial charge in [0, 0.05) is 5.56 Å². The van der Waals surface area contributed by atoms with Gasteiger partial charge < -0.3 is 9.47 Å². The number of benzene rings is 3. The third kappa shape index (κ3) is 5.20. The molecule has 0 saturated carbocycles. The normalized spacial score (nSPS) is 11.1. The Morgan fingerprint density at radius 1 is 1.10 bits per heavy atom. The van der Waals surface area contributed by atoms with Gasteiger partial charge in [0.15, 0.2) is 11.5 Å². The number of hydrogen-bond acceptors (Lipinski definition) is 3. The average molecular weight is 422 g/mol. The Balaban J connectivity index is 1.93. The van der Waals surface area contributed by atoms with Crippen LogP contribution >= 0.6 is 11.6 Å². The Kier molecular flexibility index (Phi) is 7.11. The van der Waals surface area contributed by atoms with Gasteiger partial charge in [-0.05, 0) is 49.2 Å². The van der Waals surface area contributed by atoms with Crippen LogP contribution in [0, 0.1) is 24.1 Å². The van der Waals surface area contributed by atoms with E-state index in [1.54, 1.807) is 36.4 Å². The molecule has 0 heterocycles. The second kappa shape index (κ2) is 9.96. The molecule has 0 spiro atoms. The number of hydrogen-bond donors (Lipinski definition) is 0. The molecule has 5 heteroatoms. The Morgan fingerprint density at radius 2 is 1.83 bits per heavy atom. The number of halogens is 2. The maximum atomic E-state index is 13.9. The Hall–Kier alpha value is -3.29. The minimum atomic E-state index is -0.345. The predicted molar refractivity (Wildman–Crippen MR) is 118 cm³/mol. The number of allylic oxidation sites excluding steroid dienone is 1. The van der Waals surface area contributed by atoms with E-state index in [2.05, 4.69) is 6.07 Å². The zero-order chi connectivity index (χ0) is 21.5. The quantitative estimate of drug-likeness (QED) is 0.310. The smallest absolute Gasteiger partial charge is 0.180 e. The van der Waals surface area contributed by atoms with Gasteiger partial charge in [-0.3, -0.25) is 0 Å². The standard InChI is InChI=1S/C25H21ClFNO2/c1-3-29-24-14-18(12-21(15-28)19-10-8-17(2)9-11-19)13-22(26)25(24)30-16-20-6-4-5-7-23(20)27/h4-14H,3,16H2,1-2H3/b21-12+. The topological polar surface area (TPSA) is 42.2 Å². The Morgan fingerprint density at radius 3 is 2.50 bits per heavy atom. The summed E-state index contributed by atoms with van der Waals surface area (Å²) in [6.07, 6.45) is 1.75. The van der Waals surface area contributed by atoms with Gasteiger partial charge in [-0.25, -0.2) is 4.39 Å². The molecule has 3 aromatic carbocycles. The van der Waals surface area contributed by atoms with Crippen LogP contribution in [-0.2, 0) is 6.61 Å². The summed E-state index contributed by atoms with van der Waals surface area (Å²) < 4.78 is 25.4. The molecule has 30 heavy (non-hydrogen) atoms. The lowest BCUT2D eigenvalue weighted by Crippen LogP contribution is -2.02. The van der Waals surface area contributed by atoms with Gasteiger partial charge in [-0.1, -0.05) is 59.6 Å². The molecule has 0 fully saturated rings. The van der Waals surface area contributed by atoms with Gasteiger partial charge in [0.2, 0.25) is 0 Å². The molecule has 0 saturated heterocycles. The van der Waals surface area contributed by atoms with Crippen LogP contribution in [-0.4, -0.2) is 6.61 Å². The highest BCUT2D eigenvalue weighted by atomic mass is 35.5.